The van der Waals surface area contributed by atoms with E-state index in [4.69, 9.17) is 9.47 Å². The van der Waals surface area contributed by atoms with E-state index in [9.17, 15) is 9.59 Å². The second-order valence-electron chi connectivity index (χ2n) is 7.82. The summed E-state index contributed by atoms with van der Waals surface area (Å²) in [6, 6.07) is 6.53. The first-order valence-electron chi connectivity index (χ1n) is 11.7. The predicted octanol–water partition coefficient (Wildman–Crippen LogP) is 7.28. The Labute approximate surface area is 183 Å². The number of ether oxygens (including phenoxy) is 2. The Morgan fingerprint density at radius 2 is 1.23 bits per heavy atom. The van der Waals surface area contributed by atoms with Crippen molar-refractivity contribution in [3.8, 4) is 0 Å². The Hall–Kier alpha value is -2.10. The van der Waals surface area contributed by atoms with Gasteiger partial charge in [0.1, 0.15) is 0 Å². The molecule has 0 aliphatic rings. The molecule has 4 nitrogen and oxygen atoms in total. The molecule has 0 unspecified atom stereocenters. The number of hydrogen-bond donors (Lipinski definition) is 0. The predicted molar refractivity (Wildman–Crippen MR) is 123 cm³/mol. The molecule has 0 heterocycles. The molecule has 0 amide bonds. The smallest absolute Gasteiger partial charge is 0.338 e. The maximum Gasteiger partial charge on any atom is 0.338 e. The lowest BCUT2D eigenvalue weighted by atomic mass is 10.1. The maximum atomic E-state index is 12.2. The van der Waals surface area contributed by atoms with E-state index < -0.39 is 5.97 Å². The highest BCUT2D eigenvalue weighted by molar-refractivity contribution is 5.95. The van der Waals surface area contributed by atoms with Crippen LogP contribution in [0.1, 0.15) is 111 Å². The zero-order chi connectivity index (χ0) is 21.9. The largest absolute Gasteiger partial charge is 0.462 e. The average molecular weight is 417 g/mol. The number of benzene rings is 1. The first kappa shape index (κ1) is 25.9. The van der Waals surface area contributed by atoms with Crippen molar-refractivity contribution >= 4 is 11.9 Å². The Kier molecular flexibility index (Phi) is 15.3. The van der Waals surface area contributed by atoms with Gasteiger partial charge in [-0.1, -0.05) is 83.3 Å². The second-order valence-corrected chi connectivity index (χ2v) is 7.82. The van der Waals surface area contributed by atoms with Crippen molar-refractivity contribution in [1.29, 1.82) is 0 Å². The van der Waals surface area contributed by atoms with Gasteiger partial charge in [0.25, 0.3) is 0 Å². The summed E-state index contributed by atoms with van der Waals surface area (Å²) in [6.45, 7) is 6.66. The fourth-order valence-corrected chi connectivity index (χ4v) is 3.26. The van der Waals surface area contributed by atoms with Crippen molar-refractivity contribution in [2.45, 2.75) is 90.4 Å². The van der Waals surface area contributed by atoms with Crippen LogP contribution in [0.4, 0.5) is 0 Å². The number of esters is 2. The molecule has 0 aliphatic carbocycles. The fraction of sp³-hybridized carbons (Fsp3) is 0.615. The molecular formula is C26H40O4. The van der Waals surface area contributed by atoms with Gasteiger partial charge in [0.05, 0.1) is 24.3 Å². The van der Waals surface area contributed by atoms with Crippen molar-refractivity contribution < 1.29 is 19.1 Å². The third-order valence-electron chi connectivity index (χ3n) is 5.10. The molecule has 1 rings (SSSR count). The highest BCUT2D eigenvalue weighted by atomic mass is 16.5. The Morgan fingerprint density at radius 3 is 1.73 bits per heavy atom. The SMILES string of the molecule is C=CCCCOC(=O)c1cccc(C(=O)OCCCCCCCCCCCCC)c1. The molecule has 0 N–H and O–H groups in total. The molecular weight excluding hydrogens is 376 g/mol. The van der Waals surface area contributed by atoms with Gasteiger partial charge in [0.2, 0.25) is 0 Å². The topological polar surface area (TPSA) is 52.6 Å². The molecule has 0 aliphatic heterocycles. The first-order chi connectivity index (χ1) is 14.7. The minimum atomic E-state index is -0.418. The van der Waals surface area contributed by atoms with Gasteiger partial charge in [-0.2, -0.15) is 0 Å². The van der Waals surface area contributed by atoms with Crippen LogP contribution in [0.3, 0.4) is 0 Å². The molecule has 1 aromatic rings. The summed E-state index contributed by atoms with van der Waals surface area (Å²) >= 11 is 0. The number of unbranched alkanes of at least 4 members (excludes halogenated alkanes) is 11. The highest BCUT2D eigenvalue weighted by Crippen LogP contribution is 2.12. The molecule has 4 heteroatoms. The van der Waals surface area contributed by atoms with Crippen molar-refractivity contribution in [3.05, 3.63) is 48.0 Å². The number of hydrogen-bond acceptors (Lipinski definition) is 4. The first-order valence-corrected chi connectivity index (χ1v) is 11.7. The number of carbonyl (C=O) groups is 2. The van der Waals surface area contributed by atoms with Crippen LogP contribution in [-0.2, 0) is 9.47 Å². The third kappa shape index (κ3) is 12.5. The normalized spacial score (nSPS) is 10.6. The highest BCUT2D eigenvalue weighted by Gasteiger charge is 2.12. The van der Waals surface area contributed by atoms with E-state index in [0.29, 0.717) is 24.3 Å². The van der Waals surface area contributed by atoms with E-state index in [1.807, 2.05) is 0 Å². The van der Waals surface area contributed by atoms with Crippen LogP contribution in [-0.4, -0.2) is 25.2 Å². The summed E-state index contributed by atoms with van der Waals surface area (Å²) in [7, 11) is 0. The monoisotopic (exact) mass is 416 g/mol. The molecule has 168 valence electrons. The van der Waals surface area contributed by atoms with E-state index in [1.165, 1.54) is 57.8 Å². The van der Waals surface area contributed by atoms with E-state index in [2.05, 4.69) is 13.5 Å². The molecule has 0 fully saturated rings. The second kappa shape index (κ2) is 17.7. The molecule has 0 radical (unpaired) electrons. The molecule has 0 saturated heterocycles. The van der Waals surface area contributed by atoms with Crippen LogP contribution in [0, 0.1) is 0 Å². The van der Waals surface area contributed by atoms with Gasteiger partial charge < -0.3 is 9.47 Å². The van der Waals surface area contributed by atoms with Crippen LogP contribution in [0.15, 0.2) is 36.9 Å². The van der Waals surface area contributed by atoms with Gasteiger partial charge in [0, 0.05) is 0 Å². The molecule has 1 aromatic carbocycles. The third-order valence-corrected chi connectivity index (χ3v) is 5.10. The molecule has 0 bridgehead atoms. The van der Waals surface area contributed by atoms with Gasteiger partial charge in [-0.3, -0.25) is 0 Å². The van der Waals surface area contributed by atoms with Crippen molar-refractivity contribution in [2.24, 2.45) is 0 Å². The van der Waals surface area contributed by atoms with E-state index in [-0.39, 0.29) is 5.97 Å². The van der Waals surface area contributed by atoms with Crippen LogP contribution in [0.5, 0.6) is 0 Å². The maximum absolute atomic E-state index is 12.2. The summed E-state index contributed by atoms with van der Waals surface area (Å²) in [5.41, 5.74) is 0.761. The van der Waals surface area contributed by atoms with E-state index >= 15 is 0 Å². The Morgan fingerprint density at radius 1 is 0.767 bits per heavy atom. The molecule has 0 spiro atoms. The van der Waals surface area contributed by atoms with Crippen molar-refractivity contribution in [2.75, 3.05) is 13.2 Å². The average Bonchev–Trinajstić information content (AvgIpc) is 2.77. The van der Waals surface area contributed by atoms with Gasteiger partial charge in [0.15, 0.2) is 0 Å². The summed E-state index contributed by atoms with van der Waals surface area (Å²) in [6.07, 6.45) is 17.2. The number of allylic oxidation sites excluding steroid dienone is 1. The summed E-state index contributed by atoms with van der Waals surface area (Å²) in [5, 5.41) is 0. The molecule has 0 atom stereocenters. The van der Waals surface area contributed by atoms with Gasteiger partial charge >= 0.3 is 11.9 Å². The molecule has 30 heavy (non-hydrogen) atoms. The zero-order valence-electron chi connectivity index (χ0n) is 18.8. The van der Waals surface area contributed by atoms with Gasteiger partial charge in [-0.05, 0) is 37.5 Å². The quantitative estimate of drug-likeness (QED) is 0.143. The van der Waals surface area contributed by atoms with Crippen LogP contribution in [0.2, 0.25) is 0 Å². The van der Waals surface area contributed by atoms with Crippen LogP contribution >= 0.6 is 0 Å². The lowest BCUT2D eigenvalue weighted by Crippen LogP contribution is -2.10. The lowest BCUT2D eigenvalue weighted by Gasteiger charge is -2.07. The molecule has 0 saturated carbocycles. The Balaban J connectivity index is 2.14. The molecule has 0 aromatic heterocycles. The standard InChI is InChI=1S/C26H40O4/c1-3-5-7-8-9-10-11-12-13-14-16-21-30-26(28)24-19-17-18-23(22-24)25(27)29-20-15-6-4-2/h4,17-19,22H,2-3,5-16,20-21H2,1H3. The Bertz CT molecular complexity index is 609. The van der Waals surface area contributed by atoms with E-state index in [1.54, 1.807) is 30.3 Å². The summed E-state index contributed by atoms with van der Waals surface area (Å²) in [5.74, 6) is -0.803. The van der Waals surface area contributed by atoms with Crippen LogP contribution in [0.25, 0.3) is 0 Å². The minimum Gasteiger partial charge on any atom is -0.462 e. The summed E-state index contributed by atoms with van der Waals surface area (Å²) in [4.78, 5) is 24.3. The van der Waals surface area contributed by atoms with Crippen molar-refractivity contribution in [3.63, 3.8) is 0 Å². The minimum absolute atomic E-state index is 0.346. The summed E-state index contributed by atoms with van der Waals surface area (Å²) < 4.78 is 10.6. The number of rotatable bonds is 18. The van der Waals surface area contributed by atoms with Gasteiger partial charge in [-0.15, -0.1) is 6.58 Å². The van der Waals surface area contributed by atoms with E-state index in [0.717, 1.165) is 25.7 Å². The van der Waals surface area contributed by atoms with Gasteiger partial charge in [-0.25, -0.2) is 9.59 Å². The fourth-order valence-electron chi connectivity index (χ4n) is 3.26. The zero-order valence-corrected chi connectivity index (χ0v) is 18.8. The van der Waals surface area contributed by atoms with Crippen molar-refractivity contribution in [1.82, 2.24) is 0 Å². The van der Waals surface area contributed by atoms with Crippen LogP contribution < -0.4 is 0 Å². The lowest BCUT2D eigenvalue weighted by molar-refractivity contribution is 0.0497. The number of carbonyl (C=O) groups excluding carboxylic acids is 2.